The Morgan fingerprint density at radius 1 is 1.09 bits per heavy atom. The Morgan fingerprint density at radius 2 is 1.86 bits per heavy atom. The lowest BCUT2D eigenvalue weighted by Crippen LogP contribution is -2.22. The first-order valence-corrected chi connectivity index (χ1v) is 6.72. The van der Waals surface area contributed by atoms with Crippen LogP contribution in [0.4, 0.5) is 5.82 Å². The number of methoxy groups -OCH3 is 2. The van der Waals surface area contributed by atoms with Gasteiger partial charge in [0.2, 0.25) is 5.88 Å². The van der Waals surface area contributed by atoms with Crippen molar-refractivity contribution in [3.63, 3.8) is 0 Å². The van der Waals surface area contributed by atoms with Gasteiger partial charge in [-0.15, -0.1) is 0 Å². The van der Waals surface area contributed by atoms with Crippen LogP contribution in [0.1, 0.15) is 0 Å². The standard InChI is InChI=1S/C15H19N3O4/c1-18(6-7-19)14-9-15(17-10-16-14)22-11-4-5-12(20-2)13(8-11)21-3/h4-5,8-10,19H,6-7H2,1-3H3. The van der Waals surface area contributed by atoms with Gasteiger partial charge in [-0.1, -0.05) is 0 Å². The predicted octanol–water partition coefficient (Wildman–Crippen LogP) is 1.71. The number of nitrogens with zero attached hydrogens (tertiary/aromatic N) is 3. The molecule has 0 aliphatic carbocycles. The fraction of sp³-hybridized carbons (Fsp3) is 0.333. The third-order valence-electron chi connectivity index (χ3n) is 3.03. The number of rotatable bonds is 7. The topological polar surface area (TPSA) is 76.9 Å². The van der Waals surface area contributed by atoms with E-state index in [1.807, 2.05) is 11.9 Å². The highest BCUT2D eigenvalue weighted by Gasteiger charge is 2.08. The molecule has 0 amide bonds. The first-order valence-electron chi connectivity index (χ1n) is 6.72. The van der Waals surface area contributed by atoms with Crippen molar-refractivity contribution in [3.05, 3.63) is 30.6 Å². The fourth-order valence-electron chi connectivity index (χ4n) is 1.86. The van der Waals surface area contributed by atoms with Crippen molar-refractivity contribution >= 4 is 5.82 Å². The van der Waals surface area contributed by atoms with E-state index in [1.165, 1.54) is 6.33 Å². The molecule has 0 atom stereocenters. The highest BCUT2D eigenvalue weighted by molar-refractivity contribution is 5.47. The summed E-state index contributed by atoms with van der Waals surface area (Å²) in [4.78, 5) is 10.0. The molecule has 22 heavy (non-hydrogen) atoms. The molecule has 7 heteroatoms. The number of hydrogen-bond acceptors (Lipinski definition) is 7. The molecule has 0 aliphatic heterocycles. The number of benzene rings is 1. The Balaban J connectivity index is 2.18. The molecular formula is C15H19N3O4. The van der Waals surface area contributed by atoms with E-state index >= 15 is 0 Å². The van der Waals surface area contributed by atoms with Crippen molar-refractivity contribution in [3.8, 4) is 23.1 Å². The van der Waals surface area contributed by atoms with Gasteiger partial charge < -0.3 is 24.2 Å². The van der Waals surface area contributed by atoms with Crippen LogP contribution in [-0.2, 0) is 0 Å². The summed E-state index contributed by atoms with van der Waals surface area (Å²) in [7, 11) is 4.97. The molecule has 1 aromatic carbocycles. The van der Waals surface area contributed by atoms with Gasteiger partial charge >= 0.3 is 0 Å². The summed E-state index contributed by atoms with van der Waals surface area (Å²) in [5.74, 6) is 2.85. The molecule has 2 aromatic rings. The van der Waals surface area contributed by atoms with Crippen LogP contribution in [0, 0.1) is 0 Å². The maximum absolute atomic E-state index is 8.97. The second kappa shape index (κ2) is 7.46. The van der Waals surface area contributed by atoms with Gasteiger partial charge in [-0.3, -0.25) is 0 Å². The number of aliphatic hydroxyl groups is 1. The zero-order chi connectivity index (χ0) is 15.9. The molecule has 0 aliphatic rings. The largest absolute Gasteiger partial charge is 0.493 e. The molecule has 7 nitrogen and oxygen atoms in total. The van der Waals surface area contributed by atoms with E-state index in [-0.39, 0.29) is 6.61 Å². The molecule has 0 unspecified atom stereocenters. The Kier molecular flexibility index (Phi) is 5.37. The molecule has 0 fully saturated rings. The summed E-state index contributed by atoms with van der Waals surface area (Å²) >= 11 is 0. The first-order chi connectivity index (χ1) is 10.7. The van der Waals surface area contributed by atoms with Gasteiger partial charge in [-0.25, -0.2) is 9.97 Å². The lowest BCUT2D eigenvalue weighted by molar-refractivity contribution is 0.303. The van der Waals surface area contributed by atoms with Gasteiger partial charge in [0.15, 0.2) is 11.5 Å². The smallest absolute Gasteiger partial charge is 0.224 e. The van der Waals surface area contributed by atoms with Crippen LogP contribution >= 0.6 is 0 Å². The van der Waals surface area contributed by atoms with Crippen LogP contribution in [0.25, 0.3) is 0 Å². The molecule has 2 rings (SSSR count). The normalized spacial score (nSPS) is 10.2. The second-order valence-corrected chi connectivity index (χ2v) is 4.48. The number of ether oxygens (including phenoxy) is 3. The van der Waals surface area contributed by atoms with Crippen LogP contribution in [-0.4, -0.2) is 49.5 Å². The molecular weight excluding hydrogens is 286 g/mol. The van der Waals surface area contributed by atoms with Gasteiger partial charge in [0.25, 0.3) is 0 Å². The molecule has 118 valence electrons. The van der Waals surface area contributed by atoms with Crippen LogP contribution in [0.3, 0.4) is 0 Å². The molecule has 1 aromatic heterocycles. The summed E-state index contributed by atoms with van der Waals surface area (Å²) in [6.07, 6.45) is 1.42. The number of likely N-dealkylation sites (N-methyl/N-ethyl adjacent to an activating group) is 1. The van der Waals surface area contributed by atoms with Gasteiger partial charge in [0, 0.05) is 25.7 Å². The zero-order valence-electron chi connectivity index (χ0n) is 12.8. The van der Waals surface area contributed by atoms with Gasteiger partial charge in [-0.05, 0) is 12.1 Å². The zero-order valence-corrected chi connectivity index (χ0v) is 12.8. The maximum atomic E-state index is 8.97. The summed E-state index contributed by atoms with van der Waals surface area (Å²) in [5.41, 5.74) is 0. The van der Waals surface area contributed by atoms with Crippen molar-refractivity contribution in [2.45, 2.75) is 0 Å². The average Bonchev–Trinajstić information content (AvgIpc) is 2.55. The van der Waals surface area contributed by atoms with Crippen molar-refractivity contribution in [2.24, 2.45) is 0 Å². The van der Waals surface area contributed by atoms with Crippen molar-refractivity contribution in [1.82, 2.24) is 9.97 Å². The van der Waals surface area contributed by atoms with Crippen LogP contribution < -0.4 is 19.1 Å². The molecule has 1 N–H and O–H groups in total. The molecule has 0 radical (unpaired) electrons. The van der Waals surface area contributed by atoms with E-state index in [9.17, 15) is 0 Å². The summed E-state index contributed by atoms with van der Waals surface area (Å²) in [6.45, 7) is 0.527. The SMILES string of the molecule is COc1ccc(Oc2cc(N(C)CCO)ncn2)cc1OC. The van der Waals surface area contributed by atoms with E-state index in [0.717, 1.165) is 0 Å². The average molecular weight is 305 g/mol. The summed E-state index contributed by atoms with van der Waals surface area (Å²) in [5, 5.41) is 8.97. The fourth-order valence-corrected chi connectivity index (χ4v) is 1.86. The highest BCUT2D eigenvalue weighted by atomic mass is 16.5. The molecule has 0 saturated carbocycles. The van der Waals surface area contributed by atoms with Crippen LogP contribution in [0.15, 0.2) is 30.6 Å². The van der Waals surface area contributed by atoms with Gasteiger partial charge in [-0.2, -0.15) is 0 Å². The van der Waals surface area contributed by atoms with E-state index in [4.69, 9.17) is 19.3 Å². The van der Waals surface area contributed by atoms with E-state index in [2.05, 4.69) is 9.97 Å². The quantitative estimate of drug-likeness (QED) is 0.834. The first kappa shape index (κ1) is 15.8. The Bertz CT molecular complexity index is 621. The third-order valence-corrected chi connectivity index (χ3v) is 3.03. The lowest BCUT2D eigenvalue weighted by atomic mass is 10.3. The minimum atomic E-state index is 0.0480. The summed E-state index contributed by atoms with van der Waals surface area (Å²) < 4.78 is 16.1. The second-order valence-electron chi connectivity index (χ2n) is 4.48. The van der Waals surface area contributed by atoms with Gasteiger partial charge in [0.1, 0.15) is 17.9 Å². The maximum Gasteiger partial charge on any atom is 0.224 e. The Morgan fingerprint density at radius 3 is 2.55 bits per heavy atom. The minimum Gasteiger partial charge on any atom is -0.493 e. The lowest BCUT2D eigenvalue weighted by Gasteiger charge is -2.17. The third kappa shape index (κ3) is 3.76. The number of aliphatic hydroxyl groups excluding tert-OH is 1. The van der Waals surface area contributed by atoms with Crippen molar-refractivity contribution < 1.29 is 19.3 Å². The van der Waals surface area contributed by atoms with E-state index in [0.29, 0.717) is 35.5 Å². The Hall–Kier alpha value is -2.54. The number of aromatic nitrogens is 2. The van der Waals surface area contributed by atoms with E-state index < -0.39 is 0 Å². The van der Waals surface area contributed by atoms with Crippen LogP contribution in [0.2, 0.25) is 0 Å². The minimum absolute atomic E-state index is 0.0480. The highest BCUT2D eigenvalue weighted by Crippen LogP contribution is 2.32. The number of anilines is 1. The number of hydrogen-bond donors (Lipinski definition) is 1. The Labute approximate surface area is 129 Å². The van der Waals surface area contributed by atoms with Crippen LogP contribution in [0.5, 0.6) is 23.1 Å². The molecule has 1 heterocycles. The predicted molar refractivity (Wildman–Crippen MR) is 82.0 cm³/mol. The van der Waals surface area contributed by atoms with Crippen molar-refractivity contribution in [2.75, 3.05) is 39.3 Å². The van der Waals surface area contributed by atoms with Gasteiger partial charge in [0.05, 0.1) is 20.8 Å². The molecule has 0 spiro atoms. The monoisotopic (exact) mass is 305 g/mol. The molecule has 0 bridgehead atoms. The van der Waals surface area contributed by atoms with Crippen molar-refractivity contribution in [1.29, 1.82) is 0 Å². The molecule has 0 saturated heterocycles. The summed E-state index contributed by atoms with van der Waals surface area (Å²) in [6, 6.07) is 6.94. The van der Waals surface area contributed by atoms with E-state index in [1.54, 1.807) is 38.5 Å².